The predicted molar refractivity (Wildman–Crippen MR) is 115 cm³/mol. The van der Waals surface area contributed by atoms with Gasteiger partial charge >= 0.3 is 0 Å². The second kappa shape index (κ2) is 7.71. The lowest BCUT2D eigenvalue weighted by Gasteiger charge is -2.36. The number of ether oxygens (including phenoxy) is 1. The maximum absolute atomic E-state index is 13.0. The molecule has 0 aliphatic carbocycles. The summed E-state index contributed by atoms with van der Waals surface area (Å²) in [6.07, 6.45) is 0.257. The SMILES string of the molecule is CN(Cc1ccccc1)C(=O)[C@@H]1CN(S(C)(=O)=O)c2cc(C(C)(C)C)ccc2O1. The van der Waals surface area contributed by atoms with Crippen LogP contribution in [0.2, 0.25) is 0 Å². The summed E-state index contributed by atoms with van der Waals surface area (Å²) in [5.74, 6) is 0.147. The van der Waals surface area contributed by atoms with Crippen molar-refractivity contribution in [2.75, 3.05) is 24.2 Å². The van der Waals surface area contributed by atoms with Crippen molar-refractivity contribution in [3.8, 4) is 5.75 Å². The Bertz CT molecular complexity index is 997. The fourth-order valence-corrected chi connectivity index (χ4v) is 4.25. The molecule has 29 heavy (non-hydrogen) atoms. The molecule has 0 spiro atoms. The van der Waals surface area contributed by atoms with Crippen molar-refractivity contribution in [2.24, 2.45) is 0 Å². The highest BCUT2D eigenvalue weighted by Crippen LogP contribution is 2.38. The van der Waals surface area contributed by atoms with Crippen LogP contribution in [0.3, 0.4) is 0 Å². The van der Waals surface area contributed by atoms with Crippen LogP contribution in [0.15, 0.2) is 48.5 Å². The Morgan fingerprint density at radius 1 is 1.17 bits per heavy atom. The van der Waals surface area contributed by atoms with Crippen molar-refractivity contribution >= 4 is 21.6 Å². The number of sulfonamides is 1. The number of likely N-dealkylation sites (N-methyl/N-ethyl adjacent to an activating group) is 1. The van der Waals surface area contributed by atoms with Gasteiger partial charge in [-0.05, 0) is 28.7 Å². The molecule has 6 nitrogen and oxygen atoms in total. The third-order valence-electron chi connectivity index (χ3n) is 5.01. The van der Waals surface area contributed by atoms with Crippen LogP contribution in [0, 0.1) is 0 Å². The van der Waals surface area contributed by atoms with Gasteiger partial charge in [-0.3, -0.25) is 9.10 Å². The van der Waals surface area contributed by atoms with Crippen LogP contribution in [0.1, 0.15) is 31.9 Å². The largest absolute Gasteiger partial charge is 0.476 e. The van der Waals surface area contributed by atoms with Crippen LogP contribution in [0.25, 0.3) is 0 Å². The van der Waals surface area contributed by atoms with Crippen LogP contribution in [0.5, 0.6) is 5.75 Å². The standard InChI is InChI=1S/C22H28N2O4S/c1-22(2,3)17-11-12-19-18(13-17)24(29(5,26)27)15-20(28-19)21(25)23(4)14-16-9-7-6-8-10-16/h6-13,20H,14-15H2,1-5H3/t20-/m0/s1. The van der Waals surface area contributed by atoms with E-state index in [4.69, 9.17) is 4.74 Å². The topological polar surface area (TPSA) is 66.9 Å². The van der Waals surface area contributed by atoms with E-state index in [2.05, 4.69) is 20.8 Å². The average molecular weight is 417 g/mol. The molecule has 2 aromatic carbocycles. The second-order valence-electron chi connectivity index (χ2n) is 8.51. The third-order valence-corrected chi connectivity index (χ3v) is 6.16. The highest BCUT2D eigenvalue weighted by Gasteiger charge is 2.37. The van der Waals surface area contributed by atoms with Crippen molar-refractivity contribution in [1.29, 1.82) is 0 Å². The number of nitrogens with zero attached hydrogens (tertiary/aromatic N) is 2. The molecular weight excluding hydrogens is 388 g/mol. The van der Waals surface area contributed by atoms with Crippen LogP contribution in [-0.2, 0) is 26.8 Å². The Balaban J connectivity index is 1.89. The van der Waals surface area contributed by atoms with Crippen LogP contribution in [0.4, 0.5) is 5.69 Å². The first-order valence-electron chi connectivity index (χ1n) is 9.54. The number of hydrogen-bond acceptors (Lipinski definition) is 4. The van der Waals surface area contributed by atoms with Crippen molar-refractivity contribution in [3.05, 3.63) is 59.7 Å². The molecule has 0 bridgehead atoms. The molecule has 0 aromatic heterocycles. The molecule has 1 amide bonds. The van der Waals surface area contributed by atoms with Crippen LogP contribution < -0.4 is 9.04 Å². The van der Waals surface area contributed by atoms with Gasteiger partial charge in [0.1, 0.15) is 5.75 Å². The molecule has 1 aliphatic rings. The summed E-state index contributed by atoms with van der Waals surface area (Å²) in [5.41, 5.74) is 2.34. The summed E-state index contributed by atoms with van der Waals surface area (Å²) in [6.45, 7) is 6.57. The number of hydrogen-bond donors (Lipinski definition) is 0. The first-order chi connectivity index (χ1) is 13.5. The van der Waals surface area contributed by atoms with Crippen molar-refractivity contribution in [1.82, 2.24) is 4.90 Å². The maximum Gasteiger partial charge on any atom is 0.265 e. The normalized spacial score (nSPS) is 16.7. The van der Waals surface area contributed by atoms with Gasteiger partial charge < -0.3 is 9.64 Å². The van der Waals surface area contributed by atoms with Gasteiger partial charge in [0, 0.05) is 13.6 Å². The molecule has 2 aromatic rings. The molecule has 1 atom stereocenters. The van der Waals surface area contributed by atoms with Gasteiger partial charge in [-0.2, -0.15) is 0 Å². The third kappa shape index (κ3) is 4.72. The molecule has 0 N–H and O–H groups in total. The number of carbonyl (C=O) groups is 1. The van der Waals surface area contributed by atoms with Gasteiger partial charge in [-0.15, -0.1) is 0 Å². The van der Waals surface area contributed by atoms with E-state index in [0.29, 0.717) is 18.0 Å². The van der Waals surface area contributed by atoms with Gasteiger partial charge in [-0.1, -0.05) is 57.2 Å². The van der Waals surface area contributed by atoms with E-state index in [1.165, 1.54) is 4.31 Å². The lowest BCUT2D eigenvalue weighted by atomic mass is 9.86. The van der Waals surface area contributed by atoms with Crippen molar-refractivity contribution < 1.29 is 17.9 Å². The first-order valence-corrected chi connectivity index (χ1v) is 11.4. The predicted octanol–water partition coefficient (Wildman–Crippen LogP) is 3.17. The Kier molecular flexibility index (Phi) is 5.63. The van der Waals surface area contributed by atoms with E-state index >= 15 is 0 Å². The zero-order chi connectivity index (χ0) is 21.4. The van der Waals surface area contributed by atoms with Gasteiger partial charge in [0.25, 0.3) is 5.91 Å². The highest BCUT2D eigenvalue weighted by molar-refractivity contribution is 7.92. The molecule has 0 saturated heterocycles. The molecule has 0 fully saturated rings. The van der Waals surface area contributed by atoms with E-state index < -0.39 is 16.1 Å². The smallest absolute Gasteiger partial charge is 0.265 e. The fraction of sp³-hybridized carbons (Fsp3) is 0.409. The van der Waals surface area contributed by atoms with E-state index in [1.807, 2.05) is 42.5 Å². The lowest BCUT2D eigenvalue weighted by Crippen LogP contribution is -2.50. The zero-order valence-corrected chi connectivity index (χ0v) is 18.4. The van der Waals surface area contributed by atoms with E-state index in [1.54, 1.807) is 18.0 Å². The monoisotopic (exact) mass is 416 g/mol. The lowest BCUT2D eigenvalue weighted by molar-refractivity contribution is -0.137. The van der Waals surface area contributed by atoms with Gasteiger partial charge in [-0.25, -0.2) is 8.42 Å². The number of benzene rings is 2. The summed E-state index contributed by atoms with van der Waals surface area (Å²) in [4.78, 5) is 14.6. The van der Waals surface area contributed by atoms with Crippen LogP contribution in [-0.4, -0.2) is 45.2 Å². The number of rotatable bonds is 4. The Morgan fingerprint density at radius 2 is 1.83 bits per heavy atom. The van der Waals surface area contributed by atoms with E-state index in [-0.39, 0.29) is 17.9 Å². The van der Waals surface area contributed by atoms with E-state index in [0.717, 1.165) is 17.4 Å². The minimum absolute atomic E-state index is 0.0443. The minimum Gasteiger partial charge on any atom is -0.476 e. The van der Waals surface area contributed by atoms with E-state index in [9.17, 15) is 13.2 Å². The summed E-state index contributed by atoms with van der Waals surface area (Å²) >= 11 is 0. The molecule has 0 saturated carbocycles. The molecule has 0 unspecified atom stereocenters. The quantitative estimate of drug-likeness (QED) is 0.768. The Morgan fingerprint density at radius 3 is 2.41 bits per heavy atom. The maximum atomic E-state index is 13.0. The first kappa shape index (κ1) is 21.2. The summed E-state index contributed by atoms with van der Waals surface area (Å²) in [7, 11) is -1.87. The number of carbonyl (C=O) groups excluding carboxylic acids is 1. The molecule has 7 heteroatoms. The molecular formula is C22H28N2O4S. The van der Waals surface area contributed by atoms with Gasteiger partial charge in [0.05, 0.1) is 18.5 Å². The molecule has 1 heterocycles. The summed E-state index contributed by atoms with van der Waals surface area (Å²) < 4.78 is 32.2. The Labute approximate surface area is 173 Å². The summed E-state index contributed by atoms with van der Waals surface area (Å²) in [5, 5.41) is 0. The summed E-state index contributed by atoms with van der Waals surface area (Å²) in [6, 6.07) is 15.1. The fourth-order valence-electron chi connectivity index (χ4n) is 3.34. The molecule has 156 valence electrons. The number of anilines is 1. The number of fused-ring (bicyclic) bond motifs is 1. The average Bonchev–Trinajstić information content (AvgIpc) is 2.65. The van der Waals surface area contributed by atoms with Crippen molar-refractivity contribution in [3.63, 3.8) is 0 Å². The van der Waals surface area contributed by atoms with Crippen LogP contribution >= 0.6 is 0 Å². The molecule has 3 rings (SSSR count). The van der Waals surface area contributed by atoms with Gasteiger partial charge in [0.15, 0.2) is 6.10 Å². The van der Waals surface area contributed by atoms with Gasteiger partial charge in [0.2, 0.25) is 10.0 Å². The number of amides is 1. The molecule has 0 radical (unpaired) electrons. The highest BCUT2D eigenvalue weighted by atomic mass is 32.2. The minimum atomic E-state index is -3.57. The van der Waals surface area contributed by atoms with Crippen molar-refractivity contribution in [2.45, 2.75) is 38.8 Å². The second-order valence-corrected chi connectivity index (χ2v) is 10.4. The molecule has 1 aliphatic heterocycles. The zero-order valence-electron chi connectivity index (χ0n) is 17.5. The Hall–Kier alpha value is -2.54.